The molecule has 2 N–H and O–H groups in total. The Morgan fingerprint density at radius 1 is 1.17 bits per heavy atom. The van der Waals surface area contributed by atoms with Crippen molar-refractivity contribution in [1.29, 1.82) is 0 Å². The molecule has 4 rings (SSSR count). The highest BCUT2D eigenvalue weighted by Crippen LogP contribution is 2.49. The first-order valence-electron chi connectivity index (χ1n) is 7.07. The standard InChI is InChI=1S/C13H20N4S/c14-12-11(9-3-4-9)13(18-15-12)17-7-6-16-5-1-2-10(16)8-17/h9-10H,1-8H2,(H2,14,15). The molecule has 1 unspecified atom stereocenters. The number of aromatic nitrogens is 1. The molecule has 3 aliphatic rings. The van der Waals surface area contributed by atoms with Crippen LogP contribution in [0.1, 0.15) is 37.2 Å². The second-order valence-electron chi connectivity index (χ2n) is 5.84. The normalized spacial score (nSPS) is 28.7. The fourth-order valence-electron chi connectivity index (χ4n) is 3.46. The summed E-state index contributed by atoms with van der Waals surface area (Å²) < 4.78 is 4.40. The topological polar surface area (TPSA) is 45.4 Å². The Balaban J connectivity index is 1.59. The van der Waals surface area contributed by atoms with Crippen molar-refractivity contribution in [1.82, 2.24) is 9.27 Å². The van der Waals surface area contributed by atoms with E-state index in [2.05, 4.69) is 14.2 Å². The molecule has 1 saturated carbocycles. The predicted molar refractivity (Wildman–Crippen MR) is 75.3 cm³/mol. The molecule has 4 nitrogen and oxygen atoms in total. The van der Waals surface area contributed by atoms with Crippen LogP contribution in [0.5, 0.6) is 0 Å². The van der Waals surface area contributed by atoms with E-state index >= 15 is 0 Å². The van der Waals surface area contributed by atoms with Gasteiger partial charge in [-0.3, -0.25) is 4.90 Å². The second-order valence-corrected chi connectivity index (χ2v) is 6.59. The summed E-state index contributed by atoms with van der Waals surface area (Å²) in [5.41, 5.74) is 7.43. The molecule has 2 saturated heterocycles. The van der Waals surface area contributed by atoms with E-state index in [1.165, 1.54) is 55.9 Å². The number of nitrogens with two attached hydrogens (primary N) is 1. The van der Waals surface area contributed by atoms with E-state index in [0.717, 1.165) is 18.4 Å². The predicted octanol–water partition coefficient (Wildman–Crippen LogP) is 1.89. The molecular formula is C13H20N4S. The van der Waals surface area contributed by atoms with E-state index in [9.17, 15) is 0 Å². The van der Waals surface area contributed by atoms with Crippen molar-refractivity contribution in [2.24, 2.45) is 0 Å². The molecule has 5 heteroatoms. The maximum atomic E-state index is 6.06. The lowest BCUT2D eigenvalue weighted by Crippen LogP contribution is -2.50. The molecular weight excluding hydrogens is 244 g/mol. The molecule has 3 heterocycles. The van der Waals surface area contributed by atoms with Crippen LogP contribution >= 0.6 is 11.5 Å². The van der Waals surface area contributed by atoms with Crippen LogP contribution < -0.4 is 10.6 Å². The van der Waals surface area contributed by atoms with E-state index in [0.29, 0.717) is 5.92 Å². The lowest BCUT2D eigenvalue weighted by molar-refractivity contribution is 0.231. The number of fused-ring (bicyclic) bond motifs is 1. The van der Waals surface area contributed by atoms with Gasteiger partial charge in [0.15, 0.2) is 0 Å². The van der Waals surface area contributed by atoms with E-state index in [1.54, 1.807) is 11.5 Å². The zero-order valence-corrected chi connectivity index (χ0v) is 11.5. The molecule has 1 atom stereocenters. The van der Waals surface area contributed by atoms with Gasteiger partial charge in [-0.2, -0.15) is 4.37 Å². The molecule has 1 aliphatic carbocycles. The molecule has 0 spiro atoms. The van der Waals surface area contributed by atoms with Crippen LogP contribution in [0.4, 0.5) is 10.8 Å². The first kappa shape index (κ1) is 11.1. The first-order valence-corrected chi connectivity index (χ1v) is 7.84. The molecule has 18 heavy (non-hydrogen) atoms. The number of hydrogen-bond donors (Lipinski definition) is 1. The Kier molecular flexibility index (Phi) is 2.52. The van der Waals surface area contributed by atoms with Gasteiger partial charge in [-0.05, 0) is 49.7 Å². The SMILES string of the molecule is Nc1nsc(N2CCN3CCCC3C2)c1C1CC1. The van der Waals surface area contributed by atoms with E-state index < -0.39 is 0 Å². The lowest BCUT2D eigenvalue weighted by atomic mass is 10.1. The Bertz CT molecular complexity index is 454. The molecule has 0 aromatic carbocycles. The van der Waals surface area contributed by atoms with Crippen molar-refractivity contribution in [2.75, 3.05) is 36.8 Å². The minimum absolute atomic E-state index is 0.709. The number of piperazine rings is 1. The molecule has 0 radical (unpaired) electrons. The smallest absolute Gasteiger partial charge is 0.142 e. The minimum Gasteiger partial charge on any atom is -0.383 e. The van der Waals surface area contributed by atoms with Gasteiger partial charge in [0.05, 0.1) is 0 Å². The van der Waals surface area contributed by atoms with Crippen LogP contribution in [0.2, 0.25) is 0 Å². The van der Waals surface area contributed by atoms with Crippen LogP contribution in [0.3, 0.4) is 0 Å². The van der Waals surface area contributed by atoms with Gasteiger partial charge in [0, 0.05) is 31.2 Å². The van der Waals surface area contributed by atoms with Crippen molar-refractivity contribution in [3.8, 4) is 0 Å². The summed E-state index contributed by atoms with van der Waals surface area (Å²) in [6.07, 6.45) is 5.35. The van der Waals surface area contributed by atoms with Crippen molar-refractivity contribution < 1.29 is 0 Å². The van der Waals surface area contributed by atoms with Crippen molar-refractivity contribution in [3.63, 3.8) is 0 Å². The number of hydrogen-bond acceptors (Lipinski definition) is 5. The monoisotopic (exact) mass is 264 g/mol. The fraction of sp³-hybridized carbons (Fsp3) is 0.769. The summed E-state index contributed by atoms with van der Waals surface area (Å²) in [6.45, 7) is 4.85. The van der Waals surface area contributed by atoms with Crippen molar-refractivity contribution >= 4 is 22.4 Å². The van der Waals surface area contributed by atoms with E-state index in [-0.39, 0.29) is 0 Å². The summed E-state index contributed by atoms with van der Waals surface area (Å²) in [5, 5.41) is 1.38. The largest absolute Gasteiger partial charge is 0.383 e. The number of nitrogen functional groups attached to an aromatic ring is 1. The van der Waals surface area contributed by atoms with Gasteiger partial charge in [0.25, 0.3) is 0 Å². The molecule has 1 aromatic heterocycles. The summed E-state index contributed by atoms with van der Waals surface area (Å²) in [7, 11) is 0. The maximum Gasteiger partial charge on any atom is 0.142 e. The molecule has 3 fully saturated rings. The summed E-state index contributed by atoms with van der Waals surface area (Å²) in [6, 6.07) is 0.772. The molecule has 1 aromatic rings. The Morgan fingerprint density at radius 3 is 2.89 bits per heavy atom. The molecule has 98 valence electrons. The van der Waals surface area contributed by atoms with Crippen LogP contribution in [-0.2, 0) is 0 Å². The zero-order chi connectivity index (χ0) is 12.1. The summed E-state index contributed by atoms with van der Waals surface area (Å²) >= 11 is 1.62. The molecule has 2 aliphatic heterocycles. The van der Waals surface area contributed by atoms with Crippen molar-refractivity contribution in [3.05, 3.63) is 5.56 Å². The van der Waals surface area contributed by atoms with Crippen LogP contribution in [0.25, 0.3) is 0 Å². The fourth-order valence-corrected chi connectivity index (χ4v) is 4.39. The van der Waals surface area contributed by atoms with Gasteiger partial charge < -0.3 is 10.6 Å². The molecule has 0 bridgehead atoms. The third-order valence-corrected chi connectivity index (χ3v) is 5.54. The summed E-state index contributed by atoms with van der Waals surface area (Å²) in [5.74, 6) is 1.51. The number of nitrogens with zero attached hydrogens (tertiary/aromatic N) is 3. The van der Waals surface area contributed by atoms with Crippen LogP contribution in [0.15, 0.2) is 0 Å². The van der Waals surface area contributed by atoms with Crippen LogP contribution in [-0.4, -0.2) is 41.5 Å². The highest BCUT2D eigenvalue weighted by molar-refractivity contribution is 7.10. The van der Waals surface area contributed by atoms with Gasteiger partial charge >= 0.3 is 0 Å². The van der Waals surface area contributed by atoms with Gasteiger partial charge in [-0.1, -0.05) is 0 Å². The minimum atomic E-state index is 0.709. The van der Waals surface area contributed by atoms with Crippen molar-refractivity contribution in [2.45, 2.75) is 37.6 Å². The quantitative estimate of drug-likeness (QED) is 0.886. The average molecular weight is 264 g/mol. The van der Waals surface area contributed by atoms with E-state index in [1.807, 2.05) is 0 Å². The van der Waals surface area contributed by atoms with Gasteiger partial charge in [-0.15, -0.1) is 0 Å². The number of rotatable bonds is 2. The highest BCUT2D eigenvalue weighted by Gasteiger charge is 2.36. The summed E-state index contributed by atoms with van der Waals surface area (Å²) in [4.78, 5) is 5.20. The maximum absolute atomic E-state index is 6.06. The zero-order valence-electron chi connectivity index (χ0n) is 10.6. The Morgan fingerprint density at radius 2 is 2.06 bits per heavy atom. The van der Waals surface area contributed by atoms with E-state index in [4.69, 9.17) is 5.73 Å². The Hall–Kier alpha value is -0.810. The number of anilines is 2. The van der Waals surface area contributed by atoms with Crippen LogP contribution in [0, 0.1) is 0 Å². The highest BCUT2D eigenvalue weighted by atomic mass is 32.1. The molecule has 0 amide bonds. The third-order valence-electron chi connectivity index (χ3n) is 4.60. The van der Waals surface area contributed by atoms with Gasteiger partial charge in [0.2, 0.25) is 0 Å². The Labute approximate surface area is 112 Å². The van der Waals surface area contributed by atoms with Gasteiger partial charge in [0.1, 0.15) is 10.8 Å². The van der Waals surface area contributed by atoms with Gasteiger partial charge in [-0.25, -0.2) is 0 Å². The first-order chi connectivity index (χ1) is 8.83. The lowest BCUT2D eigenvalue weighted by Gasteiger charge is -2.38. The second kappa shape index (κ2) is 4.10. The average Bonchev–Trinajstić information content (AvgIpc) is 2.98. The third kappa shape index (κ3) is 1.72.